The van der Waals surface area contributed by atoms with Crippen LogP contribution in [0.4, 0.5) is 17.5 Å². The molecule has 1 saturated heterocycles. The lowest BCUT2D eigenvalue weighted by Crippen LogP contribution is -2.46. The quantitative estimate of drug-likeness (QED) is 0.813. The molecule has 0 saturated carbocycles. The van der Waals surface area contributed by atoms with Crippen LogP contribution in [0.2, 0.25) is 0 Å². The molecule has 25 heavy (non-hydrogen) atoms. The van der Waals surface area contributed by atoms with Gasteiger partial charge in [-0.05, 0) is 44.2 Å². The Bertz CT molecular complexity index is 697. The molecule has 7 nitrogen and oxygen atoms in total. The third kappa shape index (κ3) is 4.59. The lowest BCUT2D eigenvalue weighted by Gasteiger charge is -2.33. The van der Waals surface area contributed by atoms with Crippen LogP contribution in [0.15, 0.2) is 36.5 Å². The van der Waals surface area contributed by atoms with Crippen LogP contribution in [-0.4, -0.2) is 53.6 Å². The number of benzene rings is 1. The van der Waals surface area contributed by atoms with Crippen LogP contribution in [0, 0.1) is 0 Å². The Morgan fingerprint density at radius 3 is 2.48 bits per heavy atom. The van der Waals surface area contributed by atoms with E-state index in [-0.39, 0.29) is 6.10 Å². The molecule has 0 unspecified atom stereocenters. The Balaban J connectivity index is 1.64. The largest absolute Gasteiger partial charge is 0.491 e. The van der Waals surface area contributed by atoms with Crippen molar-refractivity contribution in [3.8, 4) is 5.75 Å². The molecule has 3 rings (SSSR count). The van der Waals surface area contributed by atoms with E-state index >= 15 is 0 Å². The fourth-order valence-corrected chi connectivity index (χ4v) is 2.66. The molecule has 132 valence electrons. The highest BCUT2D eigenvalue weighted by Crippen LogP contribution is 2.20. The molecular formula is C18H23N5O2. The number of ether oxygens (including phenoxy) is 1. The lowest BCUT2D eigenvalue weighted by molar-refractivity contribution is -0.118. The molecule has 0 spiro atoms. The minimum atomic E-state index is 0.151. The summed E-state index contributed by atoms with van der Waals surface area (Å²) >= 11 is 0. The van der Waals surface area contributed by atoms with Crippen LogP contribution in [0.3, 0.4) is 0 Å². The number of nitrogens with zero attached hydrogens (tertiary/aromatic N) is 4. The van der Waals surface area contributed by atoms with Gasteiger partial charge in [-0.15, -0.1) is 0 Å². The summed E-state index contributed by atoms with van der Waals surface area (Å²) in [5.41, 5.74) is 0.902. The summed E-state index contributed by atoms with van der Waals surface area (Å²) in [6.45, 7) is 6.98. The van der Waals surface area contributed by atoms with Gasteiger partial charge in [0.1, 0.15) is 11.6 Å². The first-order chi connectivity index (χ1) is 12.1. The molecule has 1 fully saturated rings. The average molecular weight is 341 g/mol. The molecule has 1 aromatic carbocycles. The van der Waals surface area contributed by atoms with E-state index in [0.29, 0.717) is 19.0 Å². The van der Waals surface area contributed by atoms with Crippen molar-refractivity contribution in [1.29, 1.82) is 0 Å². The van der Waals surface area contributed by atoms with Crippen molar-refractivity contribution in [2.75, 3.05) is 36.4 Å². The van der Waals surface area contributed by atoms with Gasteiger partial charge >= 0.3 is 0 Å². The maximum Gasteiger partial charge on any atom is 0.229 e. The van der Waals surface area contributed by atoms with E-state index in [4.69, 9.17) is 4.74 Å². The molecule has 0 aliphatic carbocycles. The minimum Gasteiger partial charge on any atom is -0.491 e. The summed E-state index contributed by atoms with van der Waals surface area (Å²) in [4.78, 5) is 23.6. The number of rotatable bonds is 6. The fourth-order valence-electron chi connectivity index (χ4n) is 2.66. The van der Waals surface area contributed by atoms with Gasteiger partial charge in [-0.1, -0.05) is 0 Å². The topological polar surface area (TPSA) is 70.6 Å². The first-order valence-corrected chi connectivity index (χ1v) is 8.45. The number of nitrogens with one attached hydrogen (secondary N) is 1. The Morgan fingerprint density at radius 2 is 1.84 bits per heavy atom. The van der Waals surface area contributed by atoms with Crippen molar-refractivity contribution in [2.24, 2.45) is 0 Å². The maximum absolute atomic E-state index is 10.8. The van der Waals surface area contributed by atoms with Crippen molar-refractivity contribution in [1.82, 2.24) is 14.9 Å². The Hall–Kier alpha value is -2.83. The molecule has 7 heteroatoms. The summed E-state index contributed by atoms with van der Waals surface area (Å²) in [7, 11) is 0. The van der Waals surface area contributed by atoms with Crippen LogP contribution in [0.25, 0.3) is 0 Å². The second-order valence-corrected chi connectivity index (χ2v) is 6.18. The van der Waals surface area contributed by atoms with E-state index < -0.39 is 0 Å². The van der Waals surface area contributed by atoms with Gasteiger partial charge in [0.25, 0.3) is 0 Å². The fraction of sp³-hybridized carbons (Fsp3) is 0.389. The van der Waals surface area contributed by atoms with E-state index in [1.165, 1.54) is 0 Å². The van der Waals surface area contributed by atoms with E-state index in [0.717, 1.165) is 36.8 Å². The highest BCUT2D eigenvalue weighted by molar-refractivity contribution is 5.56. The van der Waals surface area contributed by atoms with Gasteiger partial charge in [-0.25, -0.2) is 4.98 Å². The first kappa shape index (κ1) is 17.0. The summed E-state index contributed by atoms with van der Waals surface area (Å²) < 4.78 is 5.64. The van der Waals surface area contributed by atoms with E-state index in [1.807, 2.05) is 44.2 Å². The van der Waals surface area contributed by atoms with Crippen LogP contribution in [0.5, 0.6) is 5.75 Å². The third-order valence-electron chi connectivity index (χ3n) is 3.91. The number of anilines is 3. The third-order valence-corrected chi connectivity index (χ3v) is 3.91. The number of hydrogen-bond donors (Lipinski definition) is 1. The monoisotopic (exact) mass is 341 g/mol. The molecule has 0 radical (unpaired) electrons. The number of hydrogen-bond acceptors (Lipinski definition) is 6. The van der Waals surface area contributed by atoms with E-state index in [1.54, 1.807) is 11.1 Å². The molecule has 1 aliphatic heterocycles. The first-order valence-electron chi connectivity index (χ1n) is 8.45. The zero-order valence-corrected chi connectivity index (χ0v) is 14.6. The molecule has 1 amide bonds. The van der Waals surface area contributed by atoms with Crippen LogP contribution < -0.4 is 15.0 Å². The molecule has 1 N–H and O–H groups in total. The molecule has 2 heterocycles. The standard InChI is InChI=1S/C18H23N5O2/c1-14(2)25-16-5-3-15(4-6-16)20-18-19-8-7-17(21-18)23-11-9-22(13-24)10-12-23/h3-8,13-14H,9-12H2,1-2H3,(H,19,20,21). The zero-order chi connectivity index (χ0) is 17.6. The van der Waals surface area contributed by atoms with Crippen LogP contribution in [0.1, 0.15) is 13.8 Å². The van der Waals surface area contributed by atoms with Gasteiger partial charge in [0, 0.05) is 38.1 Å². The van der Waals surface area contributed by atoms with Crippen molar-refractivity contribution in [3.63, 3.8) is 0 Å². The van der Waals surface area contributed by atoms with Gasteiger partial charge in [0.05, 0.1) is 6.10 Å². The van der Waals surface area contributed by atoms with Crippen molar-refractivity contribution < 1.29 is 9.53 Å². The zero-order valence-electron chi connectivity index (χ0n) is 14.6. The second kappa shape index (κ2) is 7.83. The number of amides is 1. The summed E-state index contributed by atoms with van der Waals surface area (Å²) in [6, 6.07) is 9.62. The molecule has 0 bridgehead atoms. The highest BCUT2D eigenvalue weighted by Gasteiger charge is 2.17. The Kier molecular flexibility index (Phi) is 5.33. The number of carbonyl (C=O) groups excluding carboxylic acids is 1. The predicted octanol–water partition coefficient (Wildman–Crippen LogP) is 2.29. The van der Waals surface area contributed by atoms with Gasteiger partial charge in [-0.3, -0.25) is 4.79 Å². The number of piperazine rings is 1. The molecule has 1 aromatic heterocycles. The van der Waals surface area contributed by atoms with Crippen molar-refractivity contribution in [3.05, 3.63) is 36.5 Å². The Morgan fingerprint density at radius 1 is 1.12 bits per heavy atom. The van der Waals surface area contributed by atoms with Crippen LogP contribution >= 0.6 is 0 Å². The summed E-state index contributed by atoms with van der Waals surface area (Å²) in [6.07, 6.45) is 2.79. The molecule has 1 aliphatic rings. The SMILES string of the molecule is CC(C)Oc1ccc(Nc2nccc(N3CCN(C=O)CC3)n2)cc1. The lowest BCUT2D eigenvalue weighted by atomic mass is 10.3. The highest BCUT2D eigenvalue weighted by atomic mass is 16.5. The predicted molar refractivity (Wildman–Crippen MR) is 97.4 cm³/mol. The molecule has 0 atom stereocenters. The molecule has 2 aromatic rings. The van der Waals surface area contributed by atoms with E-state index in [2.05, 4.69) is 20.2 Å². The summed E-state index contributed by atoms with van der Waals surface area (Å²) in [5.74, 6) is 2.25. The van der Waals surface area contributed by atoms with Crippen LogP contribution in [-0.2, 0) is 4.79 Å². The van der Waals surface area contributed by atoms with Gasteiger partial charge < -0.3 is 19.9 Å². The van der Waals surface area contributed by atoms with Crippen molar-refractivity contribution in [2.45, 2.75) is 20.0 Å². The van der Waals surface area contributed by atoms with Gasteiger partial charge in [-0.2, -0.15) is 4.98 Å². The summed E-state index contributed by atoms with van der Waals surface area (Å²) in [5, 5.41) is 3.21. The normalized spacial score (nSPS) is 14.5. The number of carbonyl (C=O) groups is 1. The average Bonchev–Trinajstić information content (AvgIpc) is 2.63. The maximum atomic E-state index is 10.8. The second-order valence-electron chi connectivity index (χ2n) is 6.18. The smallest absolute Gasteiger partial charge is 0.229 e. The van der Waals surface area contributed by atoms with E-state index in [9.17, 15) is 4.79 Å². The Labute approximate surface area is 147 Å². The van der Waals surface area contributed by atoms with Gasteiger partial charge in [0.15, 0.2) is 0 Å². The minimum absolute atomic E-state index is 0.151. The number of aromatic nitrogens is 2. The van der Waals surface area contributed by atoms with Gasteiger partial charge in [0.2, 0.25) is 12.4 Å². The molecular weight excluding hydrogens is 318 g/mol. The van der Waals surface area contributed by atoms with Crippen molar-refractivity contribution >= 4 is 23.9 Å².